The van der Waals surface area contributed by atoms with Gasteiger partial charge in [-0.2, -0.15) is 4.31 Å². The standard InChI is InChI=1S/C21H26FN3O4S/c22-18-3-1-17(2-4-18)21(7-11-28-12-8-21)16-24-20-6-5-19(15-23-20)30(26,27)25-9-13-29-14-10-25/h1-6,15H,7-14,16H2,(H,23,24). The molecule has 0 spiro atoms. The second kappa shape index (κ2) is 8.97. The summed E-state index contributed by atoms with van der Waals surface area (Å²) >= 11 is 0. The molecule has 0 bridgehead atoms. The molecule has 1 N–H and O–H groups in total. The summed E-state index contributed by atoms with van der Waals surface area (Å²) in [6.45, 7) is 3.40. The molecule has 2 fully saturated rings. The molecule has 2 saturated heterocycles. The maximum atomic E-state index is 13.4. The monoisotopic (exact) mass is 435 g/mol. The molecule has 0 amide bonds. The number of hydrogen-bond donors (Lipinski definition) is 1. The molecule has 1 aromatic carbocycles. The van der Waals surface area contributed by atoms with Gasteiger partial charge in [0.05, 0.1) is 13.2 Å². The zero-order chi connectivity index (χ0) is 21.0. The van der Waals surface area contributed by atoms with Crippen LogP contribution in [0, 0.1) is 5.82 Å². The van der Waals surface area contributed by atoms with Crippen molar-refractivity contribution in [3.8, 4) is 0 Å². The fraction of sp³-hybridized carbons (Fsp3) is 0.476. The lowest BCUT2D eigenvalue weighted by Gasteiger charge is -2.38. The first-order chi connectivity index (χ1) is 14.5. The Morgan fingerprint density at radius 1 is 1.00 bits per heavy atom. The summed E-state index contributed by atoms with van der Waals surface area (Å²) in [6, 6.07) is 9.88. The Bertz CT molecular complexity index is 939. The third-order valence-electron chi connectivity index (χ3n) is 5.86. The Balaban J connectivity index is 1.47. The highest BCUT2D eigenvalue weighted by Gasteiger charge is 2.34. The number of pyridine rings is 1. The Labute approximate surface area is 176 Å². The average Bonchev–Trinajstić information content (AvgIpc) is 2.80. The van der Waals surface area contributed by atoms with Crippen LogP contribution in [-0.2, 0) is 24.9 Å². The molecule has 3 heterocycles. The van der Waals surface area contributed by atoms with Crippen LogP contribution in [0.25, 0.3) is 0 Å². The lowest BCUT2D eigenvalue weighted by molar-refractivity contribution is 0.0543. The molecule has 0 aliphatic carbocycles. The number of hydrogen-bond acceptors (Lipinski definition) is 6. The van der Waals surface area contributed by atoms with Crippen molar-refractivity contribution in [2.75, 3.05) is 51.4 Å². The molecule has 0 radical (unpaired) electrons. The number of halogens is 1. The minimum atomic E-state index is -3.56. The van der Waals surface area contributed by atoms with E-state index in [1.54, 1.807) is 12.1 Å². The minimum absolute atomic E-state index is 0.175. The third-order valence-corrected chi connectivity index (χ3v) is 7.74. The maximum absolute atomic E-state index is 13.4. The molecular weight excluding hydrogens is 409 g/mol. The summed E-state index contributed by atoms with van der Waals surface area (Å²) in [7, 11) is -3.56. The molecule has 30 heavy (non-hydrogen) atoms. The number of nitrogens with one attached hydrogen (secondary N) is 1. The largest absolute Gasteiger partial charge is 0.381 e. The second-order valence-electron chi connectivity index (χ2n) is 7.65. The van der Waals surface area contributed by atoms with Crippen molar-refractivity contribution in [1.29, 1.82) is 0 Å². The smallest absolute Gasteiger partial charge is 0.244 e. The number of nitrogens with zero attached hydrogens (tertiary/aromatic N) is 2. The molecular formula is C21H26FN3O4S. The second-order valence-corrected chi connectivity index (χ2v) is 9.59. The molecule has 1 aromatic heterocycles. The van der Waals surface area contributed by atoms with Gasteiger partial charge in [-0.15, -0.1) is 0 Å². The van der Waals surface area contributed by atoms with Crippen molar-refractivity contribution < 1.29 is 22.3 Å². The molecule has 0 saturated carbocycles. The van der Waals surface area contributed by atoms with Gasteiger partial charge in [0.15, 0.2) is 0 Å². The number of anilines is 1. The molecule has 9 heteroatoms. The topological polar surface area (TPSA) is 80.8 Å². The van der Waals surface area contributed by atoms with Crippen LogP contribution < -0.4 is 5.32 Å². The number of sulfonamides is 1. The lowest BCUT2D eigenvalue weighted by Crippen LogP contribution is -2.40. The van der Waals surface area contributed by atoms with Crippen LogP contribution >= 0.6 is 0 Å². The molecule has 2 aliphatic heterocycles. The van der Waals surface area contributed by atoms with Gasteiger partial charge in [-0.3, -0.25) is 0 Å². The van der Waals surface area contributed by atoms with Crippen molar-refractivity contribution in [3.63, 3.8) is 0 Å². The summed E-state index contributed by atoms with van der Waals surface area (Å²) in [6.07, 6.45) is 3.02. The third kappa shape index (κ3) is 4.49. The number of aromatic nitrogens is 1. The molecule has 2 aliphatic rings. The van der Waals surface area contributed by atoms with Crippen LogP contribution in [0.4, 0.5) is 10.2 Å². The first-order valence-electron chi connectivity index (χ1n) is 10.1. The van der Waals surface area contributed by atoms with Crippen molar-refractivity contribution in [2.24, 2.45) is 0 Å². The molecule has 4 rings (SSSR count). The van der Waals surface area contributed by atoms with E-state index in [1.807, 2.05) is 12.1 Å². The highest BCUT2D eigenvalue weighted by Crippen LogP contribution is 2.35. The van der Waals surface area contributed by atoms with Gasteiger partial charge in [0, 0.05) is 44.5 Å². The van der Waals surface area contributed by atoms with E-state index in [4.69, 9.17) is 9.47 Å². The molecule has 7 nitrogen and oxygen atoms in total. The van der Waals surface area contributed by atoms with Crippen molar-refractivity contribution in [2.45, 2.75) is 23.2 Å². The average molecular weight is 436 g/mol. The van der Waals surface area contributed by atoms with Gasteiger partial charge in [0.1, 0.15) is 16.5 Å². The predicted octanol–water partition coefficient (Wildman–Crippen LogP) is 2.40. The maximum Gasteiger partial charge on any atom is 0.244 e. The lowest BCUT2D eigenvalue weighted by atomic mass is 9.74. The quantitative estimate of drug-likeness (QED) is 0.751. The van der Waals surface area contributed by atoms with E-state index >= 15 is 0 Å². The summed E-state index contributed by atoms with van der Waals surface area (Å²) in [5, 5.41) is 3.34. The number of rotatable bonds is 6. The first kappa shape index (κ1) is 21.2. The van der Waals surface area contributed by atoms with Crippen molar-refractivity contribution in [3.05, 3.63) is 54.0 Å². The van der Waals surface area contributed by atoms with E-state index in [1.165, 1.54) is 22.6 Å². The Hall–Kier alpha value is -2.07. The van der Waals surface area contributed by atoms with Crippen LogP contribution in [0.1, 0.15) is 18.4 Å². The zero-order valence-electron chi connectivity index (χ0n) is 16.7. The summed E-state index contributed by atoms with van der Waals surface area (Å²) in [4.78, 5) is 4.50. The van der Waals surface area contributed by atoms with Gasteiger partial charge >= 0.3 is 0 Å². The number of ether oxygens (including phenoxy) is 2. The minimum Gasteiger partial charge on any atom is -0.381 e. The van der Waals surface area contributed by atoms with E-state index < -0.39 is 10.0 Å². The summed E-state index contributed by atoms with van der Waals surface area (Å²) in [5.74, 6) is 0.344. The van der Waals surface area contributed by atoms with Gasteiger partial charge < -0.3 is 14.8 Å². The molecule has 0 unspecified atom stereocenters. The highest BCUT2D eigenvalue weighted by molar-refractivity contribution is 7.89. The van der Waals surface area contributed by atoms with E-state index in [0.29, 0.717) is 51.9 Å². The Kier molecular flexibility index (Phi) is 6.33. The number of morpholine rings is 1. The number of benzene rings is 1. The van der Waals surface area contributed by atoms with Crippen molar-refractivity contribution in [1.82, 2.24) is 9.29 Å². The predicted molar refractivity (Wildman–Crippen MR) is 110 cm³/mol. The molecule has 162 valence electrons. The van der Waals surface area contributed by atoms with Gasteiger partial charge in [0.2, 0.25) is 10.0 Å². The van der Waals surface area contributed by atoms with Gasteiger partial charge in [-0.25, -0.2) is 17.8 Å². The van der Waals surface area contributed by atoms with Gasteiger partial charge in [-0.1, -0.05) is 12.1 Å². The summed E-state index contributed by atoms with van der Waals surface area (Å²) < 4.78 is 51.0. The van der Waals surface area contributed by atoms with E-state index in [9.17, 15) is 12.8 Å². The Morgan fingerprint density at radius 3 is 2.30 bits per heavy atom. The fourth-order valence-corrected chi connectivity index (χ4v) is 5.32. The SMILES string of the molecule is O=S(=O)(c1ccc(NCC2(c3ccc(F)cc3)CCOCC2)nc1)N1CCOCC1. The summed E-state index contributed by atoms with van der Waals surface area (Å²) in [5.41, 5.74) is 0.873. The highest BCUT2D eigenvalue weighted by atomic mass is 32.2. The van der Waals surface area contributed by atoms with Crippen LogP contribution in [0.5, 0.6) is 0 Å². The van der Waals surface area contributed by atoms with Gasteiger partial charge in [-0.05, 0) is 42.7 Å². The van der Waals surface area contributed by atoms with E-state index in [0.717, 1.165) is 18.4 Å². The van der Waals surface area contributed by atoms with Gasteiger partial charge in [0.25, 0.3) is 0 Å². The van der Waals surface area contributed by atoms with Crippen LogP contribution in [0.2, 0.25) is 0 Å². The first-order valence-corrected chi connectivity index (χ1v) is 11.6. The van der Waals surface area contributed by atoms with Crippen molar-refractivity contribution >= 4 is 15.8 Å². The van der Waals surface area contributed by atoms with E-state index in [2.05, 4.69) is 10.3 Å². The molecule has 0 atom stereocenters. The van der Waals surface area contributed by atoms with Crippen LogP contribution in [-0.4, -0.2) is 63.8 Å². The van der Waals surface area contributed by atoms with E-state index in [-0.39, 0.29) is 16.1 Å². The van der Waals surface area contributed by atoms with Crippen LogP contribution in [0.3, 0.4) is 0 Å². The normalized spacial score (nSPS) is 20.0. The zero-order valence-corrected chi connectivity index (χ0v) is 17.5. The Morgan fingerprint density at radius 2 is 1.67 bits per heavy atom. The fourth-order valence-electron chi connectivity index (χ4n) is 3.97. The van der Waals surface area contributed by atoms with Crippen LogP contribution in [0.15, 0.2) is 47.5 Å². The molecule has 2 aromatic rings.